The van der Waals surface area contributed by atoms with Crippen LogP contribution in [0.25, 0.3) is 0 Å². The molecule has 2 N–H and O–H groups in total. The highest BCUT2D eigenvalue weighted by molar-refractivity contribution is 5.76. The van der Waals surface area contributed by atoms with Gasteiger partial charge in [0.05, 0.1) is 12.0 Å². The van der Waals surface area contributed by atoms with Gasteiger partial charge in [-0.3, -0.25) is 4.79 Å². The van der Waals surface area contributed by atoms with E-state index < -0.39 is 0 Å². The summed E-state index contributed by atoms with van der Waals surface area (Å²) in [6.07, 6.45) is 8.00. The summed E-state index contributed by atoms with van der Waals surface area (Å²) in [6, 6.07) is 1.08. The number of carbonyl (C=O) groups is 1. The third-order valence-corrected chi connectivity index (χ3v) is 3.52. The maximum atomic E-state index is 11.0. The average Bonchev–Trinajstić information content (AvgIpc) is 3.08. The van der Waals surface area contributed by atoms with Gasteiger partial charge in [0.25, 0.3) is 0 Å². The lowest BCUT2D eigenvalue weighted by molar-refractivity contribution is -0.122. The number of carbonyl (C=O) groups excluding carboxylic acids is 1. The Morgan fingerprint density at radius 1 is 1.47 bits per heavy atom. The Morgan fingerprint density at radius 3 is 3.06 bits per heavy atom. The molecule has 1 aliphatic heterocycles. The minimum absolute atomic E-state index is 0.172. The topological polar surface area (TPSA) is 59.0 Å². The van der Waals surface area contributed by atoms with E-state index in [1.54, 1.807) is 0 Å². The van der Waals surface area contributed by atoms with Crippen LogP contribution in [0.2, 0.25) is 0 Å². The SMILES string of the molecule is O=C1CCC(NCc2cncn2C2CC2)CN1. The zero-order valence-corrected chi connectivity index (χ0v) is 9.85. The van der Waals surface area contributed by atoms with Crippen molar-refractivity contribution in [3.8, 4) is 0 Å². The van der Waals surface area contributed by atoms with E-state index in [0.29, 0.717) is 18.5 Å². The Kier molecular flexibility index (Phi) is 2.84. The predicted octanol–water partition coefficient (Wildman–Crippen LogP) is 0.586. The molecule has 92 valence electrons. The van der Waals surface area contributed by atoms with Crippen LogP contribution in [-0.4, -0.2) is 28.0 Å². The van der Waals surface area contributed by atoms with Gasteiger partial charge in [-0.25, -0.2) is 4.98 Å². The van der Waals surface area contributed by atoms with Crippen molar-refractivity contribution in [3.63, 3.8) is 0 Å². The molecule has 1 amide bonds. The normalized spacial score (nSPS) is 24.7. The van der Waals surface area contributed by atoms with E-state index in [0.717, 1.165) is 19.5 Å². The summed E-state index contributed by atoms with van der Waals surface area (Å²) in [7, 11) is 0. The lowest BCUT2D eigenvalue weighted by Crippen LogP contribution is -2.45. The molecule has 3 rings (SSSR count). The van der Waals surface area contributed by atoms with Crippen molar-refractivity contribution in [2.45, 2.75) is 44.3 Å². The van der Waals surface area contributed by atoms with Crippen molar-refractivity contribution in [1.82, 2.24) is 20.2 Å². The Bertz CT molecular complexity index is 400. The van der Waals surface area contributed by atoms with E-state index in [1.165, 1.54) is 18.5 Å². The molecule has 2 fully saturated rings. The fourth-order valence-corrected chi connectivity index (χ4v) is 2.31. The fraction of sp³-hybridized carbons (Fsp3) is 0.667. The first-order valence-electron chi connectivity index (χ1n) is 6.34. The maximum absolute atomic E-state index is 11.0. The van der Waals surface area contributed by atoms with Crippen LogP contribution in [-0.2, 0) is 11.3 Å². The van der Waals surface area contributed by atoms with E-state index in [-0.39, 0.29) is 5.91 Å². The smallest absolute Gasteiger partial charge is 0.220 e. The molecule has 1 atom stereocenters. The van der Waals surface area contributed by atoms with Crippen LogP contribution >= 0.6 is 0 Å². The number of nitrogens with zero attached hydrogens (tertiary/aromatic N) is 2. The molecule has 5 heteroatoms. The average molecular weight is 234 g/mol. The molecular weight excluding hydrogens is 216 g/mol. The summed E-state index contributed by atoms with van der Waals surface area (Å²) in [5, 5.41) is 6.38. The molecule has 0 aromatic carbocycles. The number of rotatable bonds is 4. The third kappa shape index (κ3) is 2.49. The van der Waals surface area contributed by atoms with Gasteiger partial charge < -0.3 is 15.2 Å². The summed E-state index contributed by atoms with van der Waals surface area (Å²) < 4.78 is 2.27. The summed E-state index contributed by atoms with van der Waals surface area (Å²) >= 11 is 0. The quantitative estimate of drug-likeness (QED) is 0.801. The second-order valence-corrected chi connectivity index (χ2v) is 4.94. The van der Waals surface area contributed by atoms with Crippen LogP contribution < -0.4 is 10.6 Å². The van der Waals surface area contributed by atoms with Crippen LogP contribution in [0.3, 0.4) is 0 Å². The maximum Gasteiger partial charge on any atom is 0.220 e. The molecule has 17 heavy (non-hydrogen) atoms. The molecule has 1 saturated carbocycles. The highest BCUT2D eigenvalue weighted by Gasteiger charge is 2.25. The number of nitrogens with one attached hydrogen (secondary N) is 2. The second kappa shape index (κ2) is 4.49. The number of imidazole rings is 1. The van der Waals surface area contributed by atoms with E-state index in [9.17, 15) is 4.79 Å². The van der Waals surface area contributed by atoms with Crippen molar-refractivity contribution >= 4 is 5.91 Å². The predicted molar refractivity (Wildman–Crippen MR) is 63.4 cm³/mol. The number of hydrogen-bond acceptors (Lipinski definition) is 3. The first-order valence-corrected chi connectivity index (χ1v) is 6.34. The summed E-state index contributed by atoms with van der Waals surface area (Å²) in [4.78, 5) is 15.3. The van der Waals surface area contributed by atoms with Gasteiger partial charge in [-0.15, -0.1) is 0 Å². The fourth-order valence-electron chi connectivity index (χ4n) is 2.31. The molecule has 2 heterocycles. The van der Waals surface area contributed by atoms with Crippen LogP contribution in [0.5, 0.6) is 0 Å². The number of amides is 1. The molecule has 0 bridgehead atoms. The molecule has 1 unspecified atom stereocenters. The Hall–Kier alpha value is -1.36. The summed E-state index contributed by atoms with van der Waals surface area (Å²) in [5.74, 6) is 0.172. The minimum atomic E-state index is 0.172. The Balaban J connectivity index is 1.53. The standard InChI is InChI=1S/C12H18N4O/c17-12-4-1-9(5-15-12)14-7-11-6-13-8-16(11)10-2-3-10/h6,8-10,14H,1-5,7H2,(H,15,17). The summed E-state index contributed by atoms with van der Waals surface area (Å²) in [5.41, 5.74) is 1.25. The van der Waals surface area contributed by atoms with Crippen molar-refractivity contribution in [1.29, 1.82) is 0 Å². The molecule has 2 aliphatic rings. The summed E-state index contributed by atoms with van der Waals surface area (Å²) in [6.45, 7) is 1.59. The lowest BCUT2D eigenvalue weighted by Gasteiger charge is -2.23. The highest BCUT2D eigenvalue weighted by atomic mass is 16.1. The van der Waals surface area contributed by atoms with Gasteiger partial charge in [-0.05, 0) is 19.3 Å². The monoisotopic (exact) mass is 234 g/mol. The molecule has 1 aromatic heterocycles. The minimum Gasteiger partial charge on any atom is -0.355 e. The van der Waals surface area contributed by atoms with E-state index in [1.807, 2.05) is 12.5 Å². The van der Waals surface area contributed by atoms with Crippen LogP contribution in [0.1, 0.15) is 37.4 Å². The van der Waals surface area contributed by atoms with Gasteiger partial charge in [-0.1, -0.05) is 0 Å². The van der Waals surface area contributed by atoms with Gasteiger partial charge in [0.2, 0.25) is 5.91 Å². The van der Waals surface area contributed by atoms with E-state index >= 15 is 0 Å². The van der Waals surface area contributed by atoms with Crippen LogP contribution in [0.15, 0.2) is 12.5 Å². The Morgan fingerprint density at radius 2 is 2.35 bits per heavy atom. The van der Waals surface area contributed by atoms with Gasteiger partial charge in [0.1, 0.15) is 0 Å². The van der Waals surface area contributed by atoms with Crippen molar-refractivity contribution in [3.05, 3.63) is 18.2 Å². The molecular formula is C12H18N4O. The molecule has 1 aromatic rings. The zero-order valence-electron chi connectivity index (χ0n) is 9.85. The lowest BCUT2D eigenvalue weighted by atomic mass is 10.1. The van der Waals surface area contributed by atoms with Crippen LogP contribution in [0, 0.1) is 0 Å². The van der Waals surface area contributed by atoms with E-state index in [4.69, 9.17) is 0 Å². The number of aromatic nitrogens is 2. The van der Waals surface area contributed by atoms with Crippen LogP contribution in [0.4, 0.5) is 0 Å². The van der Waals surface area contributed by atoms with Gasteiger partial charge in [0.15, 0.2) is 0 Å². The van der Waals surface area contributed by atoms with Gasteiger partial charge in [-0.2, -0.15) is 0 Å². The zero-order chi connectivity index (χ0) is 11.7. The molecule has 1 aliphatic carbocycles. The first-order chi connectivity index (χ1) is 8.33. The number of hydrogen-bond donors (Lipinski definition) is 2. The third-order valence-electron chi connectivity index (χ3n) is 3.52. The van der Waals surface area contributed by atoms with E-state index in [2.05, 4.69) is 20.2 Å². The van der Waals surface area contributed by atoms with Crippen molar-refractivity contribution < 1.29 is 4.79 Å². The number of piperidine rings is 1. The van der Waals surface area contributed by atoms with Gasteiger partial charge >= 0.3 is 0 Å². The van der Waals surface area contributed by atoms with Gasteiger partial charge in [0, 0.05) is 37.8 Å². The van der Waals surface area contributed by atoms with Crippen molar-refractivity contribution in [2.75, 3.05) is 6.54 Å². The molecule has 0 spiro atoms. The largest absolute Gasteiger partial charge is 0.355 e. The Labute approximate surface area is 101 Å². The molecule has 0 radical (unpaired) electrons. The molecule has 5 nitrogen and oxygen atoms in total. The molecule has 1 saturated heterocycles. The highest BCUT2D eigenvalue weighted by Crippen LogP contribution is 2.35. The second-order valence-electron chi connectivity index (χ2n) is 4.94. The van der Waals surface area contributed by atoms with Crippen molar-refractivity contribution in [2.24, 2.45) is 0 Å². The first kappa shape index (κ1) is 10.8.